The summed E-state index contributed by atoms with van der Waals surface area (Å²) in [6.07, 6.45) is 3.53. The van der Waals surface area contributed by atoms with E-state index in [0.29, 0.717) is 4.88 Å². The molecule has 6 nitrogen and oxygen atoms in total. The summed E-state index contributed by atoms with van der Waals surface area (Å²) in [5.41, 5.74) is 9.86. The Hall–Kier alpha value is -2.45. The van der Waals surface area contributed by atoms with E-state index in [1.165, 1.54) is 16.9 Å². The highest BCUT2D eigenvalue weighted by Gasteiger charge is 2.29. The van der Waals surface area contributed by atoms with Crippen LogP contribution in [0.4, 0.5) is 0 Å². The van der Waals surface area contributed by atoms with Gasteiger partial charge in [0.05, 0.1) is 21.0 Å². The minimum Gasteiger partial charge on any atom is -0.454 e. The SMILES string of the molecule is NC(=O)c1sc(Sc2ccc3c(c2)OCO3)c2c1CCc1cn[nH]c1-2. The topological polar surface area (TPSA) is 90.2 Å². The first-order valence-electron chi connectivity index (χ1n) is 7.76. The molecule has 1 amide bonds. The Bertz CT molecular complexity index is 1010. The van der Waals surface area contributed by atoms with Gasteiger partial charge in [-0.1, -0.05) is 11.8 Å². The van der Waals surface area contributed by atoms with Crippen LogP contribution < -0.4 is 15.2 Å². The molecule has 5 rings (SSSR count). The zero-order valence-corrected chi connectivity index (χ0v) is 14.6. The number of H-pyrrole nitrogens is 1. The van der Waals surface area contributed by atoms with Crippen molar-refractivity contribution in [3.8, 4) is 22.8 Å². The Labute approximate surface area is 151 Å². The molecule has 0 radical (unpaired) electrons. The number of amides is 1. The lowest BCUT2D eigenvalue weighted by atomic mass is 9.92. The number of thiophene rings is 1. The average molecular weight is 371 g/mol. The molecule has 0 bridgehead atoms. The number of carbonyl (C=O) groups excluding carboxylic acids is 1. The summed E-state index contributed by atoms with van der Waals surface area (Å²) in [5.74, 6) is 1.13. The van der Waals surface area contributed by atoms with Crippen molar-refractivity contribution >= 4 is 29.0 Å². The number of nitrogens with one attached hydrogen (secondary N) is 1. The third-order valence-corrected chi connectivity index (χ3v) is 6.79. The van der Waals surface area contributed by atoms with Crippen LogP contribution in [0, 0.1) is 0 Å². The summed E-state index contributed by atoms with van der Waals surface area (Å²) >= 11 is 3.05. The number of aromatic nitrogens is 2. The Balaban J connectivity index is 1.61. The number of rotatable bonds is 3. The highest BCUT2D eigenvalue weighted by molar-refractivity contribution is 8.01. The Kier molecular flexibility index (Phi) is 3.29. The van der Waals surface area contributed by atoms with E-state index in [1.807, 2.05) is 24.4 Å². The van der Waals surface area contributed by atoms with Crippen molar-refractivity contribution < 1.29 is 14.3 Å². The summed E-state index contributed by atoms with van der Waals surface area (Å²) in [6.45, 7) is 0.251. The van der Waals surface area contributed by atoms with Crippen LogP contribution in [-0.2, 0) is 12.8 Å². The Morgan fingerprint density at radius 2 is 2.16 bits per heavy atom. The van der Waals surface area contributed by atoms with E-state index in [-0.39, 0.29) is 12.7 Å². The van der Waals surface area contributed by atoms with Crippen LogP contribution in [0.1, 0.15) is 20.8 Å². The van der Waals surface area contributed by atoms with Gasteiger partial charge in [-0.05, 0) is 42.2 Å². The van der Waals surface area contributed by atoms with E-state index in [2.05, 4.69) is 10.2 Å². The number of primary amides is 1. The van der Waals surface area contributed by atoms with E-state index in [0.717, 1.165) is 50.3 Å². The predicted molar refractivity (Wildman–Crippen MR) is 94.5 cm³/mol. The summed E-state index contributed by atoms with van der Waals surface area (Å²) in [5, 5.41) is 7.25. The van der Waals surface area contributed by atoms with E-state index >= 15 is 0 Å². The number of benzene rings is 1. The van der Waals surface area contributed by atoms with Gasteiger partial charge in [-0.15, -0.1) is 11.3 Å². The number of nitrogens with two attached hydrogens (primary N) is 1. The van der Waals surface area contributed by atoms with Crippen LogP contribution in [-0.4, -0.2) is 22.9 Å². The van der Waals surface area contributed by atoms with E-state index in [4.69, 9.17) is 15.2 Å². The van der Waals surface area contributed by atoms with Gasteiger partial charge in [-0.3, -0.25) is 9.89 Å². The smallest absolute Gasteiger partial charge is 0.259 e. The Morgan fingerprint density at radius 1 is 1.28 bits per heavy atom. The van der Waals surface area contributed by atoms with Gasteiger partial charge in [-0.25, -0.2) is 0 Å². The molecule has 0 saturated heterocycles. The number of carbonyl (C=O) groups is 1. The van der Waals surface area contributed by atoms with Crippen LogP contribution in [0.3, 0.4) is 0 Å². The minimum atomic E-state index is -0.373. The van der Waals surface area contributed by atoms with Crippen molar-refractivity contribution in [3.63, 3.8) is 0 Å². The van der Waals surface area contributed by atoms with Gasteiger partial charge in [0.15, 0.2) is 11.5 Å². The number of aryl methyl sites for hydroxylation is 1. The molecule has 1 aromatic carbocycles. The number of nitrogens with zero attached hydrogens (tertiary/aromatic N) is 1. The third kappa shape index (κ3) is 2.32. The van der Waals surface area contributed by atoms with Crippen molar-refractivity contribution in [2.24, 2.45) is 5.73 Å². The van der Waals surface area contributed by atoms with Gasteiger partial charge in [0, 0.05) is 10.5 Å². The molecule has 0 fully saturated rings. The van der Waals surface area contributed by atoms with Gasteiger partial charge in [0.1, 0.15) is 0 Å². The molecule has 0 spiro atoms. The molecule has 1 aliphatic heterocycles. The molecule has 2 aromatic heterocycles. The van der Waals surface area contributed by atoms with Crippen LogP contribution in [0.25, 0.3) is 11.3 Å². The Morgan fingerprint density at radius 3 is 3.04 bits per heavy atom. The molecular weight excluding hydrogens is 358 g/mol. The summed E-state index contributed by atoms with van der Waals surface area (Å²) in [4.78, 5) is 13.6. The van der Waals surface area contributed by atoms with Crippen molar-refractivity contribution in [1.29, 1.82) is 0 Å². The van der Waals surface area contributed by atoms with Gasteiger partial charge in [-0.2, -0.15) is 5.10 Å². The molecule has 2 aliphatic rings. The average Bonchev–Trinajstić information content (AvgIpc) is 3.31. The second-order valence-corrected chi connectivity index (χ2v) is 8.19. The molecule has 0 unspecified atom stereocenters. The molecule has 25 heavy (non-hydrogen) atoms. The number of ether oxygens (including phenoxy) is 2. The fourth-order valence-corrected chi connectivity index (χ4v) is 5.72. The standard InChI is InChI=1S/C17H13N3O3S2/c18-16(21)15-10-3-1-8-6-19-20-14(8)13(10)17(25-15)24-9-2-4-11-12(5-9)23-7-22-11/h2,4-6H,1,3,7H2,(H2,18,21)(H,19,20). The van der Waals surface area contributed by atoms with Crippen LogP contribution >= 0.6 is 23.1 Å². The number of hydrogen-bond donors (Lipinski definition) is 2. The summed E-state index contributed by atoms with van der Waals surface area (Å²) < 4.78 is 11.9. The number of aromatic amines is 1. The predicted octanol–water partition coefficient (Wildman–Crippen LogP) is 3.22. The molecule has 8 heteroatoms. The van der Waals surface area contributed by atoms with Crippen LogP contribution in [0.15, 0.2) is 33.5 Å². The van der Waals surface area contributed by atoms with Gasteiger partial charge in [0.25, 0.3) is 5.91 Å². The fourth-order valence-electron chi connectivity index (χ4n) is 3.23. The van der Waals surface area contributed by atoms with Crippen LogP contribution in [0.2, 0.25) is 0 Å². The first-order chi connectivity index (χ1) is 12.2. The molecule has 0 atom stereocenters. The second kappa shape index (κ2) is 5.53. The zero-order valence-electron chi connectivity index (χ0n) is 13.0. The summed E-state index contributed by atoms with van der Waals surface area (Å²) in [6, 6.07) is 5.85. The molecule has 0 saturated carbocycles. The van der Waals surface area contributed by atoms with Gasteiger partial charge in [0.2, 0.25) is 6.79 Å². The summed E-state index contributed by atoms with van der Waals surface area (Å²) in [7, 11) is 0. The van der Waals surface area contributed by atoms with E-state index < -0.39 is 0 Å². The maximum atomic E-state index is 11.9. The fraction of sp³-hybridized carbons (Fsp3) is 0.176. The lowest BCUT2D eigenvalue weighted by Gasteiger charge is -2.14. The second-order valence-electron chi connectivity index (χ2n) is 5.82. The van der Waals surface area contributed by atoms with Crippen molar-refractivity contribution in [2.75, 3.05) is 6.79 Å². The monoisotopic (exact) mass is 371 g/mol. The van der Waals surface area contributed by atoms with E-state index in [9.17, 15) is 4.79 Å². The van der Waals surface area contributed by atoms with E-state index in [1.54, 1.807) is 11.8 Å². The molecule has 3 N–H and O–H groups in total. The largest absolute Gasteiger partial charge is 0.454 e. The maximum absolute atomic E-state index is 11.9. The normalized spacial score (nSPS) is 14.2. The number of fused-ring (bicyclic) bond motifs is 4. The molecule has 3 aromatic rings. The molecule has 126 valence electrons. The van der Waals surface area contributed by atoms with Gasteiger partial charge < -0.3 is 15.2 Å². The quantitative estimate of drug-likeness (QED) is 0.738. The maximum Gasteiger partial charge on any atom is 0.259 e. The highest BCUT2D eigenvalue weighted by atomic mass is 32.2. The molecule has 3 heterocycles. The highest BCUT2D eigenvalue weighted by Crippen LogP contribution is 2.49. The van der Waals surface area contributed by atoms with Crippen molar-refractivity contribution in [3.05, 3.63) is 40.4 Å². The lowest BCUT2D eigenvalue weighted by molar-refractivity contribution is 0.100. The lowest BCUT2D eigenvalue weighted by Crippen LogP contribution is -2.13. The first kappa shape index (κ1) is 14.9. The van der Waals surface area contributed by atoms with Crippen LogP contribution in [0.5, 0.6) is 11.5 Å². The first-order valence-corrected chi connectivity index (χ1v) is 9.39. The van der Waals surface area contributed by atoms with Crippen molar-refractivity contribution in [2.45, 2.75) is 21.9 Å². The molecule has 1 aliphatic carbocycles. The minimum absolute atomic E-state index is 0.251. The van der Waals surface area contributed by atoms with Crippen molar-refractivity contribution in [1.82, 2.24) is 10.2 Å². The third-order valence-electron chi connectivity index (χ3n) is 4.37. The zero-order chi connectivity index (χ0) is 17.0. The number of hydrogen-bond acceptors (Lipinski definition) is 6. The molecular formula is C17H13N3O3S2. The van der Waals surface area contributed by atoms with Gasteiger partial charge >= 0.3 is 0 Å².